The lowest BCUT2D eigenvalue weighted by atomic mass is 10.2. The number of amides is 1. The molecule has 0 bridgehead atoms. The lowest BCUT2D eigenvalue weighted by Gasteiger charge is -2.05. The van der Waals surface area contributed by atoms with E-state index >= 15 is 0 Å². The molecule has 122 valence electrons. The quantitative estimate of drug-likeness (QED) is 0.734. The van der Waals surface area contributed by atoms with Crippen molar-refractivity contribution in [3.8, 4) is 0 Å². The molecule has 0 spiro atoms. The number of carbonyl (C=O) groups is 1. The molecule has 0 radical (unpaired) electrons. The van der Waals surface area contributed by atoms with Crippen LogP contribution in [-0.2, 0) is 6.54 Å². The van der Waals surface area contributed by atoms with Crippen molar-refractivity contribution in [2.45, 2.75) is 6.54 Å². The maximum absolute atomic E-state index is 12.9. The first-order chi connectivity index (χ1) is 11.5. The Balaban J connectivity index is 1.69. The van der Waals surface area contributed by atoms with Crippen LogP contribution < -0.4 is 5.32 Å². The van der Waals surface area contributed by atoms with Crippen LogP contribution >= 0.6 is 23.2 Å². The molecule has 0 aliphatic carbocycles. The molecule has 1 amide bonds. The highest BCUT2D eigenvalue weighted by Crippen LogP contribution is 2.22. The standard InChI is InChI=1S/C17H12Cl2FN3O/c18-13-4-1-12(16(19)7-13)9-23-10-15(8-21-23)22-17(24)11-2-5-14(20)6-3-11/h1-8,10H,9H2,(H,22,24). The monoisotopic (exact) mass is 363 g/mol. The molecule has 2 aromatic carbocycles. The third-order valence-electron chi connectivity index (χ3n) is 3.34. The van der Waals surface area contributed by atoms with Gasteiger partial charge in [0.25, 0.3) is 5.91 Å². The number of anilines is 1. The molecule has 3 aromatic rings. The van der Waals surface area contributed by atoms with Crippen LogP contribution in [0.1, 0.15) is 15.9 Å². The van der Waals surface area contributed by atoms with E-state index in [1.54, 1.807) is 23.0 Å². The van der Waals surface area contributed by atoms with Crippen LogP contribution in [0, 0.1) is 5.82 Å². The third kappa shape index (κ3) is 3.93. The fourth-order valence-corrected chi connectivity index (χ4v) is 2.61. The lowest BCUT2D eigenvalue weighted by Crippen LogP contribution is -2.11. The van der Waals surface area contributed by atoms with E-state index < -0.39 is 0 Å². The van der Waals surface area contributed by atoms with Crippen molar-refractivity contribution in [3.05, 3.63) is 81.8 Å². The fraction of sp³-hybridized carbons (Fsp3) is 0.0588. The zero-order chi connectivity index (χ0) is 17.1. The minimum atomic E-state index is -0.390. The van der Waals surface area contributed by atoms with E-state index in [1.165, 1.54) is 30.5 Å². The van der Waals surface area contributed by atoms with Crippen molar-refractivity contribution in [3.63, 3.8) is 0 Å². The Bertz CT molecular complexity index is 878. The minimum Gasteiger partial charge on any atom is -0.319 e. The molecule has 1 N–H and O–H groups in total. The first-order valence-electron chi connectivity index (χ1n) is 7.04. The van der Waals surface area contributed by atoms with Crippen LogP contribution in [0.5, 0.6) is 0 Å². The Morgan fingerprint density at radius 1 is 1.17 bits per heavy atom. The first kappa shape index (κ1) is 16.5. The Hall–Kier alpha value is -2.37. The summed E-state index contributed by atoms with van der Waals surface area (Å²) in [5.74, 6) is -0.724. The van der Waals surface area contributed by atoms with E-state index in [0.29, 0.717) is 27.8 Å². The maximum atomic E-state index is 12.9. The average Bonchev–Trinajstić information content (AvgIpc) is 2.98. The first-order valence-corrected chi connectivity index (χ1v) is 7.80. The maximum Gasteiger partial charge on any atom is 0.255 e. The molecule has 0 saturated carbocycles. The molecule has 3 rings (SSSR count). The summed E-state index contributed by atoms with van der Waals surface area (Å²) >= 11 is 12.0. The van der Waals surface area contributed by atoms with E-state index in [2.05, 4.69) is 10.4 Å². The summed E-state index contributed by atoms with van der Waals surface area (Å²) < 4.78 is 14.5. The number of nitrogens with one attached hydrogen (secondary N) is 1. The Labute approximate surface area is 147 Å². The molecule has 24 heavy (non-hydrogen) atoms. The molecular formula is C17H12Cl2FN3O. The summed E-state index contributed by atoms with van der Waals surface area (Å²) in [6, 6.07) is 10.6. The number of halogens is 3. The molecule has 0 atom stereocenters. The van der Waals surface area contributed by atoms with Crippen LogP contribution in [0.15, 0.2) is 54.9 Å². The van der Waals surface area contributed by atoms with Gasteiger partial charge in [-0.05, 0) is 42.0 Å². The Kier molecular flexibility index (Phi) is 4.83. The normalized spacial score (nSPS) is 10.6. The lowest BCUT2D eigenvalue weighted by molar-refractivity contribution is 0.102. The van der Waals surface area contributed by atoms with Crippen LogP contribution in [0.25, 0.3) is 0 Å². The summed E-state index contributed by atoms with van der Waals surface area (Å²) in [6.07, 6.45) is 3.22. The van der Waals surface area contributed by atoms with Gasteiger partial charge in [0.2, 0.25) is 0 Å². The van der Waals surface area contributed by atoms with Crippen LogP contribution in [-0.4, -0.2) is 15.7 Å². The molecule has 0 aliphatic rings. The second-order valence-corrected chi connectivity index (χ2v) is 5.97. The molecular weight excluding hydrogens is 352 g/mol. The second kappa shape index (κ2) is 7.03. The summed E-state index contributed by atoms with van der Waals surface area (Å²) in [7, 11) is 0. The van der Waals surface area contributed by atoms with E-state index in [0.717, 1.165) is 5.56 Å². The molecule has 0 fully saturated rings. The predicted molar refractivity (Wildman–Crippen MR) is 92.1 cm³/mol. The SMILES string of the molecule is O=C(Nc1cnn(Cc2ccc(Cl)cc2Cl)c1)c1ccc(F)cc1. The van der Waals surface area contributed by atoms with Gasteiger partial charge < -0.3 is 5.32 Å². The number of benzene rings is 2. The largest absolute Gasteiger partial charge is 0.319 e. The minimum absolute atomic E-state index is 0.334. The van der Waals surface area contributed by atoms with Gasteiger partial charge in [-0.15, -0.1) is 0 Å². The fourth-order valence-electron chi connectivity index (χ4n) is 2.14. The average molecular weight is 364 g/mol. The second-order valence-electron chi connectivity index (χ2n) is 5.12. The number of aromatic nitrogens is 2. The zero-order valence-corrected chi connectivity index (χ0v) is 13.9. The zero-order valence-electron chi connectivity index (χ0n) is 12.3. The van der Waals surface area contributed by atoms with Gasteiger partial charge in [-0.25, -0.2) is 4.39 Å². The topological polar surface area (TPSA) is 46.9 Å². The Morgan fingerprint density at radius 2 is 1.92 bits per heavy atom. The van der Waals surface area contributed by atoms with E-state index in [1.807, 2.05) is 6.07 Å². The summed E-state index contributed by atoms with van der Waals surface area (Å²) in [5.41, 5.74) is 1.76. The summed E-state index contributed by atoms with van der Waals surface area (Å²) in [5, 5.41) is 8.01. The number of nitrogens with zero attached hydrogens (tertiary/aromatic N) is 2. The number of hydrogen-bond donors (Lipinski definition) is 1. The Morgan fingerprint density at radius 3 is 2.62 bits per heavy atom. The summed E-state index contributed by atoms with van der Waals surface area (Å²) in [6.45, 7) is 0.447. The molecule has 1 aromatic heterocycles. The van der Waals surface area contributed by atoms with Crippen LogP contribution in [0.2, 0.25) is 10.0 Å². The highest BCUT2D eigenvalue weighted by Gasteiger charge is 2.09. The molecule has 0 unspecified atom stereocenters. The van der Waals surface area contributed by atoms with Crippen molar-refractivity contribution in [2.75, 3.05) is 5.32 Å². The van der Waals surface area contributed by atoms with E-state index in [4.69, 9.17) is 23.2 Å². The molecule has 4 nitrogen and oxygen atoms in total. The van der Waals surface area contributed by atoms with Gasteiger partial charge in [0.05, 0.1) is 18.4 Å². The smallest absolute Gasteiger partial charge is 0.255 e. The van der Waals surface area contributed by atoms with Crippen molar-refractivity contribution < 1.29 is 9.18 Å². The van der Waals surface area contributed by atoms with Crippen LogP contribution in [0.3, 0.4) is 0 Å². The highest BCUT2D eigenvalue weighted by molar-refractivity contribution is 6.35. The van der Waals surface area contributed by atoms with Gasteiger partial charge in [-0.3, -0.25) is 9.48 Å². The summed E-state index contributed by atoms with van der Waals surface area (Å²) in [4.78, 5) is 12.1. The predicted octanol–water partition coefficient (Wildman–Crippen LogP) is 4.63. The van der Waals surface area contributed by atoms with Crippen molar-refractivity contribution in [2.24, 2.45) is 0 Å². The molecule has 7 heteroatoms. The van der Waals surface area contributed by atoms with Crippen LogP contribution in [0.4, 0.5) is 10.1 Å². The van der Waals surface area contributed by atoms with Gasteiger partial charge in [0.1, 0.15) is 5.82 Å². The van der Waals surface area contributed by atoms with Gasteiger partial charge in [0, 0.05) is 21.8 Å². The third-order valence-corrected chi connectivity index (χ3v) is 3.93. The number of hydrogen-bond acceptors (Lipinski definition) is 2. The van der Waals surface area contributed by atoms with Crippen molar-refractivity contribution in [1.82, 2.24) is 9.78 Å². The van der Waals surface area contributed by atoms with Gasteiger partial charge >= 0.3 is 0 Å². The number of carbonyl (C=O) groups excluding carboxylic acids is 1. The van der Waals surface area contributed by atoms with Gasteiger partial charge in [0.15, 0.2) is 0 Å². The molecule has 0 saturated heterocycles. The van der Waals surface area contributed by atoms with Gasteiger partial charge in [-0.2, -0.15) is 5.10 Å². The molecule has 0 aliphatic heterocycles. The highest BCUT2D eigenvalue weighted by atomic mass is 35.5. The van der Waals surface area contributed by atoms with E-state index in [-0.39, 0.29) is 11.7 Å². The van der Waals surface area contributed by atoms with E-state index in [9.17, 15) is 9.18 Å². The van der Waals surface area contributed by atoms with Crippen molar-refractivity contribution in [1.29, 1.82) is 0 Å². The molecule has 1 heterocycles. The number of rotatable bonds is 4. The van der Waals surface area contributed by atoms with Crippen molar-refractivity contribution >= 4 is 34.8 Å². The van der Waals surface area contributed by atoms with Gasteiger partial charge in [-0.1, -0.05) is 29.3 Å².